The molecule has 1 fully saturated rings. The summed E-state index contributed by atoms with van der Waals surface area (Å²) in [6.07, 6.45) is 6.37. The number of carbonyl (C=O) groups excluding carboxylic acids is 1. The normalized spacial score (nSPS) is 19.1. The van der Waals surface area contributed by atoms with Crippen LogP contribution >= 0.6 is 0 Å². The van der Waals surface area contributed by atoms with Gasteiger partial charge in [-0.15, -0.1) is 0 Å². The zero-order chi connectivity index (χ0) is 13.9. The molecular formula is C18H26O. The molecule has 1 aromatic carbocycles. The Kier molecular flexibility index (Phi) is 4.44. The Bertz CT molecular complexity index is 407. The molecule has 1 atom stereocenters. The van der Waals surface area contributed by atoms with Gasteiger partial charge in [-0.05, 0) is 24.2 Å². The highest BCUT2D eigenvalue weighted by Gasteiger charge is 2.38. The van der Waals surface area contributed by atoms with Gasteiger partial charge in [-0.2, -0.15) is 0 Å². The van der Waals surface area contributed by atoms with Gasteiger partial charge in [0.15, 0.2) is 5.78 Å². The van der Waals surface area contributed by atoms with Gasteiger partial charge < -0.3 is 0 Å². The Labute approximate surface area is 117 Å². The monoisotopic (exact) mass is 258 g/mol. The highest BCUT2D eigenvalue weighted by Crippen LogP contribution is 2.41. The van der Waals surface area contributed by atoms with Crippen LogP contribution in [0.15, 0.2) is 30.3 Å². The Hall–Kier alpha value is -1.11. The molecule has 0 radical (unpaired) electrons. The summed E-state index contributed by atoms with van der Waals surface area (Å²) in [6.45, 7) is 6.65. The Morgan fingerprint density at radius 3 is 2.16 bits per heavy atom. The first-order valence-corrected chi connectivity index (χ1v) is 7.59. The van der Waals surface area contributed by atoms with E-state index in [9.17, 15) is 4.79 Å². The van der Waals surface area contributed by atoms with Gasteiger partial charge in [-0.3, -0.25) is 4.79 Å². The summed E-state index contributed by atoms with van der Waals surface area (Å²) in [4.78, 5) is 12.9. The van der Waals surface area contributed by atoms with Crippen LogP contribution in [-0.4, -0.2) is 5.78 Å². The van der Waals surface area contributed by atoms with E-state index in [-0.39, 0.29) is 11.3 Å². The first-order valence-electron chi connectivity index (χ1n) is 7.59. The van der Waals surface area contributed by atoms with E-state index < -0.39 is 0 Å². The number of Topliss-reactive ketones (excluding diaryl/α,β-unsaturated/α-hetero) is 1. The summed E-state index contributed by atoms with van der Waals surface area (Å²) in [6, 6.07) is 9.83. The lowest BCUT2D eigenvalue weighted by Gasteiger charge is -2.38. The summed E-state index contributed by atoms with van der Waals surface area (Å²) in [5.41, 5.74) is 0.933. The van der Waals surface area contributed by atoms with E-state index in [1.165, 1.54) is 32.1 Å². The van der Waals surface area contributed by atoms with Crippen molar-refractivity contribution in [2.75, 3.05) is 0 Å². The Morgan fingerprint density at radius 1 is 1.05 bits per heavy atom. The molecule has 1 unspecified atom stereocenters. The van der Waals surface area contributed by atoms with Crippen molar-refractivity contribution in [2.45, 2.75) is 52.9 Å². The standard InChI is InChI=1S/C18H26O/c1-18(2,3)16(14-10-6-4-7-11-14)17(19)15-12-8-5-9-13-15/h5,8-9,12-14,16H,4,6-7,10-11H2,1-3H3. The van der Waals surface area contributed by atoms with Crippen LogP contribution in [0.3, 0.4) is 0 Å². The molecule has 2 rings (SSSR count). The number of hydrogen-bond donors (Lipinski definition) is 0. The zero-order valence-electron chi connectivity index (χ0n) is 12.5. The van der Waals surface area contributed by atoms with Crippen LogP contribution < -0.4 is 0 Å². The summed E-state index contributed by atoms with van der Waals surface area (Å²) < 4.78 is 0. The average molecular weight is 258 g/mol. The smallest absolute Gasteiger partial charge is 0.166 e. The maximum absolute atomic E-state index is 12.9. The molecule has 0 N–H and O–H groups in total. The van der Waals surface area contributed by atoms with Crippen molar-refractivity contribution in [3.05, 3.63) is 35.9 Å². The third-order valence-corrected chi connectivity index (χ3v) is 4.40. The molecule has 1 aliphatic rings. The summed E-state index contributed by atoms with van der Waals surface area (Å²) in [7, 11) is 0. The lowest BCUT2D eigenvalue weighted by atomic mass is 9.65. The fourth-order valence-corrected chi connectivity index (χ4v) is 3.56. The topological polar surface area (TPSA) is 17.1 Å². The van der Waals surface area contributed by atoms with Crippen LogP contribution in [0.1, 0.15) is 63.2 Å². The van der Waals surface area contributed by atoms with E-state index >= 15 is 0 Å². The van der Waals surface area contributed by atoms with Crippen molar-refractivity contribution in [3.8, 4) is 0 Å². The van der Waals surface area contributed by atoms with Crippen LogP contribution in [0.5, 0.6) is 0 Å². The van der Waals surface area contributed by atoms with E-state index in [0.717, 1.165) is 5.56 Å². The molecule has 0 aromatic heterocycles. The third-order valence-electron chi connectivity index (χ3n) is 4.40. The maximum atomic E-state index is 12.9. The second-order valence-corrected chi connectivity index (χ2v) is 6.97. The largest absolute Gasteiger partial charge is 0.294 e. The predicted molar refractivity (Wildman–Crippen MR) is 80.3 cm³/mol. The van der Waals surface area contributed by atoms with Gasteiger partial charge in [0.05, 0.1) is 0 Å². The van der Waals surface area contributed by atoms with Crippen LogP contribution in [-0.2, 0) is 0 Å². The van der Waals surface area contributed by atoms with Crippen molar-refractivity contribution in [2.24, 2.45) is 17.3 Å². The first-order chi connectivity index (χ1) is 9.00. The van der Waals surface area contributed by atoms with Gasteiger partial charge in [-0.25, -0.2) is 0 Å². The fourth-order valence-electron chi connectivity index (χ4n) is 3.56. The molecule has 0 aliphatic heterocycles. The Balaban J connectivity index is 2.25. The number of benzene rings is 1. The van der Waals surface area contributed by atoms with Gasteiger partial charge in [-0.1, -0.05) is 70.4 Å². The van der Waals surface area contributed by atoms with E-state index in [4.69, 9.17) is 0 Å². The lowest BCUT2D eigenvalue weighted by molar-refractivity contribution is 0.0654. The van der Waals surface area contributed by atoms with Crippen molar-refractivity contribution in [3.63, 3.8) is 0 Å². The molecule has 1 heteroatoms. The fraction of sp³-hybridized carbons (Fsp3) is 0.611. The SMILES string of the molecule is CC(C)(C)C(C(=O)c1ccccc1)C1CCCCC1. The second-order valence-electron chi connectivity index (χ2n) is 6.97. The molecule has 0 spiro atoms. The minimum atomic E-state index is 0.0505. The van der Waals surface area contributed by atoms with Crippen molar-refractivity contribution < 1.29 is 4.79 Å². The van der Waals surface area contributed by atoms with Crippen LogP contribution in [0.2, 0.25) is 0 Å². The average Bonchev–Trinajstić information content (AvgIpc) is 2.39. The minimum Gasteiger partial charge on any atom is -0.294 e. The molecule has 1 saturated carbocycles. The van der Waals surface area contributed by atoms with Gasteiger partial charge in [0.1, 0.15) is 0 Å². The molecular weight excluding hydrogens is 232 g/mol. The summed E-state index contributed by atoms with van der Waals surface area (Å²) in [5, 5.41) is 0. The molecule has 0 amide bonds. The molecule has 104 valence electrons. The molecule has 1 aliphatic carbocycles. The van der Waals surface area contributed by atoms with Crippen LogP contribution in [0, 0.1) is 17.3 Å². The van der Waals surface area contributed by atoms with E-state index in [2.05, 4.69) is 20.8 Å². The van der Waals surface area contributed by atoms with Crippen molar-refractivity contribution >= 4 is 5.78 Å². The molecule has 0 bridgehead atoms. The molecule has 1 aromatic rings. The second kappa shape index (κ2) is 5.90. The van der Waals surface area contributed by atoms with E-state index in [1.54, 1.807) is 0 Å². The zero-order valence-corrected chi connectivity index (χ0v) is 12.5. The summed E-state index contributed by atoms with van der Waals surface area (Å²) in [5.74, 6) is 1.08. The van der Waals surface area contributed by atoms with E-state index in [1.807, 2.05) is 30.3 Å². The van der Waals surface area contributed by atoms with Crippen molar-refractivity contribution in [1.29, 1.82) is 0 Å². The Morgan fingerprint density at radius 2 is 1.63 bits per heavy atom. The highest BCUT2D eigenvalue weighted by atomic mass is 16.1. The number of hydrogen-bond acceptors (Lipinski definition) is 1. The number of carbonyl (C=O) groups is 1. The molecule has 0 saturated heterocycles. The lowest BCUT2D eigenvalue weighted by Crippen LogP contribution is -2.36. The highest BCUT2D eigenvalue weighted by molar-refractivity contribution is 5.98. The van der Waals surface area contributed by atoms with Crippen LogP contribution in [0.4, 0.5) is 0 Å². The van der Waals surface area contributed by atoms with Gasteiger partial charge in [0.2, 0.25) is 0 Å². The molecule has 19 heavy (non-hydrogen) atoms. The maximum Gasteiger partial charge on any atom is 0.166 e. The first kappa shape index (κ1) is 14.3. The van der Waals surface area contributed by atoms with E-state index in [0.29, 0.717) is 11.7 Å². The quantitative estimate of drug-likeness (QED) is 0.688. The van der Waals surface area contributed by atoms with Crippen molar-refractivity contribution in [1.82, 2.24) is 0 Å². The van der Waals surface area contributed by atoms with Gasteiger partial charge in [0, 0.05) is 11.5 Å². The van der Waals surface area contributed by atoms with Crippen LogP contribution in [0.25, 0.3) is 0 Å². The third kappa shape index (κ3) is 3.46. The number of rotatable bonds is 3. The molecule has 1 nitrogen and oxygen atoms in total. The predicted octanol–water partition coefficient (Wildman–Crippen LogP) is 5.11. The minimum absolute atomic E-state index is 0.0505. The van der Waals surface area contributed by atoms with Gasteiger partial charge >= 0.3 is 0 Å². The summed E-state index contributed by atoms with van der Waals surface area (Å²) >= 11 is 0. The van der Waals surface area contributed by atoms with Gasteiger partial charge in [0.25, 0.3) is 0 Å². The number of ketones is 1. The molecule has 0 heterocycles.